The monoisotopic (exact) mass is 676 g/mol. The van der Waals surface area contributed by atoms with Gasteiger partial charge in [0.25, 0.3) is 0 Å². The van der Waals surface area contributed by atoms with E-state index in [9.17, 15) is 18.0 Å². The Morgan fingerprint density at radius 2 is 1.84 bits per heavy atom. The van der Waals surface area contributed by atoms with Gasteiger partial charge in [-0.15, -0.1) is 0 Å². The molecule has 6 heterocycles. The predicted molar refractivity (Wildman–Crippen MR) is 169 cm³/mol. The van der Waals surface area contributed by atoms with E-state index in [0.717, 1.165) is 46.2 Å². The summed E-state index contributed by atoms with van der Waals surface area (Å²) in [5.74, 6) is -0.503. The third-order valence-electron chi connectivity index (χ3n) is 10.4. The molecule has 1 aromatic carbocycles. The number of rotatable bonds is 5. The van der Waals surface area contributed by atoms with Gasteiger partial charge >= 0.3 is 12.0 Å². The molecule has 14 heteroatoms. The van der Waals surface area contributed by atoms with E-state index >= 15 is 4.39 Å². The molecule has 254 valence electrons. The number of ether oxygens (including phenoxy) is 1. The largest absolute Gasteiger partial charge is 0.519 e. The second-order valence-electron chi connectivity index (χ2n) is 13.0. The maximum Gasteiger partial charge on any atom is 0.519 e. The third kappa shape index (κ3) is 4.28. The topological polar surface area (TPSA) is 104 Å². The molecular weight excluding hydrogens is 644 g/mol. The molecule has 2 atom stereocenters. The molecule has 3 aliphatic rings. The molecule has 0 saturated heterocycles. The zero-order valence-corrected chi connectivity index (χ0v) is 27.4. The number of para-hydroxylation sites is 1. The van der Waals surface area contributed by atoms with Crippen molar-refractivity contribution in [2.45, 2.75) is 70.8 Å². The van der Waals surface area contributed by atoms with Crippen molar-refractivity contribution in [1.29, 1.82) is 0 Å². The summed E-state index contributed by atoms with van der Waals surface area (Å²) in [4.78, 5) is 21.9. The summed E-state index contributed by atoms with van der Waals surface area (Å²) in [6.45, 7) is 8.12. The lowest BCUT2D eigenvalue weighted by atomic mass is 9.61. The molecule has 2 aliphatic heterocycles. The van der Waals surface area contributed by atoms with Gasteiger partial charge in [0.2, 0.25) is 5.95 Å². The average Bonchev–Trinajstić information content (AvgIpc) is 3.78. The number of aromatic nitrogens is 5. The Morgan fingerprint density at radius 1 is 1.08 bits per heavy atom. The summed E-state index contributed by atoms with van der Waals surface area (Å²) in [6.07, 6.45) is -0.0100. The normalized spacial score (nSPS) is 21.3. The molecule has 49 heavy (non-hydrogen) atoms. The number of aryl methyl sites for hydroxylation is 2. The number of halogens is 4. The van der Waals surface area contributed by atoms with Crippen molar-refractivity contribution >= 4 is 11.5 Å². The van der Waals surface area contributed by atoms with Crippen LogP contribution in [0.15, 0.2) is 62.3 Å². The van der Waals surface area contributed by atoms with Crippen LogP contribution in [0.4, 0.5) is 23.5 Å². The number of fused-ring (bicyclic) bond motifs is 10. The van der Waals surface area contributed by atoms with Crippen molar-refractivity contribution < 1.29 is 31.1 Å². The summed E-state index contributed by atoms with van der Waals surface area (Å²) in [6, 6.07) is 7.78. The van der Waals surface area contributed by atoms with E-state index in [4.69, 9.17) is 18.7 Å². The van der Waals surface area contributed by atoms with E-state index in [1.165, 1.54) is 7.11 Å². The minimum absolute atomic E-state index is 0.0948. The lowest BCUT2D eigenvalue weighted by Crippen LogP contribution is -2.45. The molecule has 0 spiro atoms. The van der Waals surface area contributed by atoms with E-state index in [1.54, 1.807) is 13.8 Å². The molecule has 2 unspecified atom stereocenters. The molecule has 0 bridgehead atoms. The molecular formula is C35H32F4N6O4. The van der Waals surface area contributed by atoms with E-state index in [-0.39, 0.29) is 19.0 Å². The number of benzene rings is 1. The standard InChI is InChI=1S/C35H32F4N6O4/c1-6-19-8-7-9-21-26-28(36)34(4,47-5)30-23(10-12-43(30)17-25-18(2)48-32(46)49-25)33(26,3)29-22-16-44(13-11-24(22)42-45(29)27(19)21)31-40-14-20(15-41-31)35(37,38)39/h7-10,12,14-15H,6,11,13,16-17H2,1-5H3. The van der Waals surface area contributed by atoms with Gasteiger partial charge in [-0.3, -0.25) is 0 Å². The Hall–Kier alpha value is -4.98. The van der Waals surface area contributed by atoms with E-state index < -0.39 is 34.4 Å². The molecule has 4 aromatic heterocycles. The highest BCUT2D eigenvalue weighted by atomic mass is 19.4. The quantitative estimate of drug-likeness (QED) is 0.198. The van der Waals surface area contributed by atoms with E-state index in [0.29, 0.717) is 47.7 Å². The van der Waals surface area contributed by atoms with Crippen LogP contribution in [-0.4, -0.2) is 38.0 Å². The minimum atomic E-state index is -4.56. The molecule has 5 aromatic rings. The van der Waals surface area contributed by atoms with Crippen molar-refractivity contribution in [3.8, 4) is 5.69 Å². The Morgan fingerprint density at radius 3 is 2.49 bits per heavy atom. The van der Waals surface area contributed by atoms with Crippen LogP contribution in [0.3, 0.4) is 0 Å². The fraction of sp³-hybridized carbons (Fsp3) is 0.371. The van der Waals surface area contributed by atoms with Crippen molar-refractivity contribution in [3.05, 3.63) is 116 Å². The first kappa shape index (κ1) is 31.3. The fourth-order valence-electron chi connectivity index (χ4n) is 7.91. The van der Waals surface area contributed by atoms with Gasteiger partial charge in [0, 0.05) is 61.9 Å². The third-order valence-corrected chi connectivity index (χ3v) is 10.4. The average molecular weight is 677 g/mol. The fourth-order valence-corrected chi connectivity index (χ4v) is 7.91. The first-order chi connectivity index (χ1) is 23.3. The van der Waals surface area contributed by atoms with Crippen LogP contribution < -0.4 is 10.7 Å². The first-order valence-electron chi connectivity index (χ1n) is 15.9. The highest BCUT2D eigenvalue weighted by Gasteiger charge is 2.57. The Balaban J connectivity index is 1.37. The number of alkyl halides is 3. The van der Waals surface area contributed by atoms with E-state index in [2.05, 4.69) is 9.97 Å². The Kier molecular flexibility index (Phi) is 6.71. The van der Waals surface area contributed by atoms with Crippen LogP contribution >= 0.6 is 0 Å². The molecule has 0 saturated carbocycles. The van der Waals surface area contributed by atoms with E-state index in [1.807, 2.05) is 58.5 Å². The number of hydrogen-bond donors (Lipinski definition) is 0. The molecule has 0 fully saturated rings. The zero-order valence-electron chi connectivity index (χ0n) is 27.4. The molecule has 1 aliphatic carbocycles. The van der Waals surface area contributed by atoms with Crippen LogP contribution in [0.2, 0.25) is 0 Å². The smallest absolute Gasteiger partial charge is 0.396 e. The zero-order chi connectivity index (χ0) is 34.6. The number of allylic oxidation sites excluding steroid dienone is 1. The summed E-state index contributed by atoms with van der Waals surface area (Å²) in [5, 5.41) is 5.15. The maximum atomic E-state index is 17.7. The van der Waals surface area contributed by atoms with Gasteiger partial charge < -0.3 is 23.0 Å². The van der Waals surface area contributed by atoms with Gasteiger partial charge in [-0.1, -0.05) is 25.1 Å². The Bertz CT molecular complexity index is 2240. The van der Waals surface area contributed by atoms with Crippen LogP contribution in [0, 0.1) is 6.92 Å². The molecule has 0 N–H and O–H groups in total. The maximum absolute atomic E-state index is 17.7. The van der Waals surface area contributed by atoms with Crippen LogP contribution in [-0.2, 0) is 47.9 Å². The Labute approximate surface area is 277 Å². The molecule has 10 nitrogen and oxygen atoms in total. The summed E-state index contributed by atoms with van der Waals surface area (Å²) < 4.78 is 77.8. The lowest BCUT2D eigenvalue weighted by molar-refractivity contribution is -0.138. The number of hydrogen-bond acceptors (Lipinski definition) is 8. The molecule has 0 amide bonds. The second kappa shape index (κ2) is 10.5. The van der Waals surface area contributed by atoms with Gasteiger partial charge in [-0.2, -0.15) is 18.3 Å². The summed E-state index contributed by atoms with van der Waals surface area (Å²) in [7, 11) is 1.47. The predicted octanol–water partition coefficient (Wildman–Crippen LogP) is 6.39. The molecule has 0 radical (unpaired) electrons. The highest BCUT2D eigenvalue weighted by molar-refractivity contribution is 5.91. The van der Waals surface area contributed by atoms with Gasteiger partial charge in [-0.05, 0) is 44.4 Å². The van der Waals surface area contributed by atoms with Crippen molar-refractivity contribution in [1.82, 2.24) is 24.3 Å². The minimum Gasteiger partial charge on any atom is -0.396 e. The van der Waals surface area contributed by atoms with Crippen molar-refractivity contribution in [2.24, 2.45) is 0 Å². The second-order valence-corrected chi connectivity index (χ2v) is 13.0. The van der Waals surface area contributed by atoms with Gasteiger partial charge in [0.05, 0.1) is 40.3 Å². The van der Waals surface area contributed by atoms with Crippen LogP contribution in [0.5, 0.6) is 0 Å². The number of anilines is 1. The van der Waals surface area contributed by atoms with Crippen molar-refractivity contribution in [3.63, 3.8) is 0 Å². The van der Waals surface area contributed by atoms with Crippen LogP contribution in [0.25, 0.3) is 11.3 Å². The SMILES string of the molecule is CCc1cccc2c1-n1nc3c(c1C1(C)C2=C(F)C(C)(OC)c2c1ccn2Cc1oc(=O)oc1C)CN(c1ncc(C(F)(F)F)cn1)CC3. The van der Waals surface area contributed by atoms with Crippen LogP contribution in [0.1, 0.15) is 77.2 Å². The van der Waals surface area contributed by atoms with Gasteiger partial charge in [-0.25, -0.2) is 23.8 Å². The molecule has 8 rings (SSSR count). The lowest BCUT2D eigenvalue weighted by Gasteiger charge is -2.47. The van der Waals surface area contributed by atoms with Gasteiger partial charge in [0.15, 0.2) is 11.4 Å². The number of methoxy groups -OCH3 is 1. The summed E-state index contributed by atoms with van der Waals surface area (Å²) in [5.41, 5.74) is 3.09. The first-order valence-corrected chi connectivity index (χ1v) is 15.9. The highest BCUT2D eigenvalue weighted by Crippen LogP contribution is 2.61. The van der Waals surface area contributed by atoms with Gasteiger partial charge in [0.1, 0.15) is 11.6 Å². The number of nitrogens with zero attached hydrogens (tertiary/aromatic N) is 6. The van der Waals surface area contributed by atoms with Crippen molar-refractivity contribution in [2.75, 3.05) is 18.6 Å². The summed E-state index contributed by atoms with van der Waals surface area (Å²) >= 11 is 0.